The van der Waals surface area contributed by atoms with Crippen molar-refractivity contribution in [2.45, 2.75) is 44.6 Å². The van der Waals surface area contributed by atoms with Gasteiger partial charge < -0.3 is 4.90 Å². The maximum atomic E-state index is 2.62. The van der Waals surface area contributed by atoms with Crippen molar-refractivity contribution in [1.29, 1.82) is 0 Å². The van der Waals surface area contributed by atoms with E-state index >= 15 is 0 Å². The monoisotopic (exact) mass is 153 g/mol. The summed E-state index contributed by atoms with van der Waals surface area (Å²) in [5.41, 5.74) is 0.673. The summed E-state index contributed by atoms with van der Waals surface area (Å²) < 4.78 is 0. The van der Waals surface area contributed by atoms with Gasteiger partial charge >= 0.3 is 0 Å². The van der Waals surface area contributed by atoms with Crippen LogP contribution in [-0.4, -0.2) is 24.0 Å². The van der Waals surface area contributed by atoms with E-state index in [9.17, 15) is 0 Å². The highest BCUT2D eigenvalue weighted by Gasteiger charge is 2.42. The van der Waals surface area contributed by atoms with E-state index in [1.165, 1.54) is 38.6 Å². The summed E-state index contributed by atoms with van der Waals surface area (Å²) >= 11 is 0. The highest BCUT2D eigenvalue weighted by molar-refractivity contribution is 4.99. The van der Waals surface area contributed by atoms with Crippen LogP contribution >= 0.6 is 0 Å². The van der Waals surface area contributed by atoms with Crippen LogP contribution in [0.15, 0.2) is 0 Å². The maximum absolute atomic E-state index is 2.62. The summed E-state index contributed by atoms with van der Waals surface area (Å²) in [6, 6.07) is 0. The lowest BCUT2D eigenvalue weighted by atomic mass is 9.69. The summed E-state index contributed by atoms with van der Waals surface area (Å²) in [7, 11) is 2.31. The molecule has 0 bridgehead atoms. The SMILES string of the molecule is CC1CCC2(CCC2)N(C)C1. The van der Waals surface area contributed by atoms with Gasteiger partial charge in [-0.05, 0) is 45.1 Å². The van der Waals surface area contributed by atoms with Crippen molar-refractivity contribution < 1.29 is 0 Å². The molecule has 1 heteroatoms. The van der Waals surface area contributed by atoms with Crippen molar-refractivity contribution in [3.63, 3.8) is 0 Å². The fourth-order valence-corrected chi connectivity index (χ4v) is 2.67. The Kier molecular flexibility index (Phi) is 1.71. The molecule has 2 aliphatic rings. The number of rotatable bonds is 0. The van der Waals surface area contributed by atoms with Gasteiger partial charge in [0.2, 0.25) is 0 Å². The topological polar surface area (TPSA) is 3.24 Å². The van der Waals surface area contributed by atoms with Gasteiger partial charge in [0.25, 0.3) is 0 Å². The Bertz CT molecular complexity index is 149. The van der Waals surface area contributed by atoms with Gasteiger partial charge in [-0.2, -0.15) is 0 Å². The van der Waals surface area contributed by atoms with Crippen LogP contribution in [0.2, 0.25) is 0 Å². The molecule has 64 valence electrons. The van der Waals surface area contributed by atoms with E-state index < -0.39 is 0 Å². The maximum Gasteiger partial charge on any atom is 0.0206 e. The van der Waals surface area contributed by atoms with Crippen molar-refractivity contribution in [2.75, 3.05) is 13.6 Å². The van der Waals surface area contributed by atoms with Crippen molar-refractivity contribution in [3.05, 3.63) is 0 Å². The Labute approximate surface area is 69.8 Å². The zero-order valence-electron chi connectivity index (χ0n) is 7.77. The third-order valence-corrected chi connectivity index (χ3v) is 3.78. The van der Waals surface area contributed by atoms with E-state index in [1.54, 1.807) is 0 Å². The summed E-state index contributed by atoms with van der Waals surface area (Å²) in [4.78, 5) is 2.62. The average molecular weight is 153 g/mol. The Morgan fingerprint density at radius 1 is 1.27 bits per heavy atom. The highest BCUT2D eigenvalue weighted by atomic mass is 15.2. The van der Waals surface area contributed by atoms with Crippen molar-refractivity contribution in [1.82, 2.24) is 4.90 Å². The number of hydrogen-bond donors (Lipinski definition) is 0. The second-order valence-electron chi connectivity index (χ2n) is 4.60. The third kappa shape index (κ3) is 1.10. The summed E-state index contributed by atoms with van der Waals surface area (Å²) in [5.74, 6) is 0.936. The van der Waals surface area contributed by atoms with Gasteiger partial charge in [-0.3, -0.25) is 0 Å². The molecule has 1 nitrogen and oxygen atoms in total. The average Bonchev–Trinajstić information content (AvgIpc) is 1.84. The first-order chi connectivity index (χ1) is 5.23. The predicted octanol–water partition coefficient (Wildman–Crippen LogP) is 2.27. The molecule has 1 aliphatic carbocycles. The molecule has 2 rings (SSSR count). The first-order valence-corrected chi connectivity index (χ1v) is 4.94. The standard InChI is InChI=1S/C10H19N/c1-9-4-7-10(5-3-6-10)11(2)8-9/h9H,3-8H2,1-2H3. The highest BCUT2D eigenvalue weighted by Crippen LogP contribution is 2.44. The van der Waals surface area contributed by atoms with Crippen LogP contribution in [0.4, 0.5) is 0 Å². The smallest absolute Gasteiger partial charge is 0.0206 e. The predicted molar refractivity (Wildman–Crippen MR) is 47.6 cm³/mol. The molecule has 1 aliphatic heterocycles. The fourth-order valence-electron chi connectivity index (χ4n) is 2.67. The van der Waals surface area contributed by atoms with Crippen LogP contribution in [0.1, 0.15) is 39.0 Å². The Morgan fingerprint density at radius 3 is 2.45 bits per heavy atom. The molecule has 0 radical (unpaired) electrons. The van der Waals surface area contributed by atoms with Crippen LogP contribution in [-0.2, 0) is 0 Å². The number of nitrogens with zero attached hydrogens (tertiary/aromatic N) is 1. The van der Waals surface area contributed by atoms with E-state index in [0.29, 0.717) is 5.54 Å². The first-order valence-electron chi connectivity index (χ1n) is 4.94. The van der Waals surface area contributed by atoms with Gasteiger partial charge in [0.15, 0.2) is 0 Å². The van der Waals surface area contributed by atoms with Crippen molar-refractivity contribution >= 4 is 0 Å². The molecule has 0 amide bonds. The molecule has 2 fully saturated rings. The zero-order chi connectivity index (χ0) is 7.90. The number of likely N-dealkylation sites (tertiary alicyclic amines) is 1. The van der Waals surface area contributed by atoms with Crippen LogP contribution in [0.3, 0.4) is 0 Å². The summed E-state index contributed by atoms with van der Waals surface area (Å²) in [5, 5.41) is 0. The van der Waals surface area contributed by atoms with Crippen LogP contribution in [0.25, 0.3) is 0 Å². The van der Waals surface area contributed by atoms with Gasteiger partial charge in [0.1, 0.15) is 0 Å². The number of piperidine rings is 1. The minimum absolute atomic E-state index is 0.673. The normalized spacial score (nSPS) is 37.1. The molecule has 1 spiro atoms. The molecule has 1 saturated heterocycles. The Morgan fingerprint density at radius 2 is 2.00 bits per heavy atom. The lowest BCUT2D eigenvalue weighted by Crippen LogP contribution is -2.55. The van der Waals surface area contributed by atoms with Crippen LogP contribution in [0, 0.1) is 5.92 Å². The van der Waals surface area contributed by atoms with Crippen LogP contribution in [0.5, 0.6) is 0 Å². The van der Waals surface area contributed by atoms with Gasteiger partial charge in [-0.15, -0.1) is 0 Å². The van der Waals surface area contributed by atoms with Gasteiger partial charge in [0.05, 0.1) is 0 Å². The molecule has 1 heterocycles. The Balaban J connectivity index is 2.01. The minimum atomic E-state index is 0.673. The van der Waals surface area contributed by atoms with E-state index in [-0.39, 0.29) is 0 Å². The molecule has 0 N–H and O–H groups in total. The third-order valence-electron chi connectivity index (χ3n) is 3.78. The molecule has 11 heavy (non-hydrogen) atoms. The van der Waals surface area contributed by atoms with Gasteiger partial charge in [0, 0.05) is 12.1 Å². The van der Waals surface area contributed by atoms with E-state index in [2.05, 4.69) is 18.9 Å². The molecule has 1 saturated carbocycles. The molecular weight excluding hydrogens is 134 g/mol. The second-order valence-corrected chi connectivity index (χ2v) is 4.60. The fraction of sp³-hybridized carbons (Fsp3) is 1.00. The van der Waals surface area contributed by atoms with Crippen molar-refractivity contribution in [2.24, 2.45) is 5.92 Å². The van der Waals surface area contributed by atoms with E-state index in [1.807, 2.05) is 0 Å². The molecule has 0 aromatic heterocycles. The lowest BCUT2D eigenvalue weighted by molar-refractivity contribution is -0.0141. The second kappa shape index (κ2) is 2.48. The minimum Gasteiger partial charge on any atom is -0.300 e. The first kappa shape index (κ1) is 7.60. The molecule has 1 unspecified atom stereocenters. The summed E-state index contributed by atoms with van der Waals surface area (Å²) in [6.45, 7) is 3.71. The quantitative estimate of drug-likeness (QED) is 0.516. The molecular formula is C10H19N. The molecule has 1 atom stereocenters. The van der Waals surface area contributed by atoms with Crippen molar-refractivity contribution in [3.8, 4) is 0 Å². The Hall–Kier alpha value is -0.0400. The van der Waals surface area contributed by atoms with E-state index in [0.717, 1.165) is 5.92 Å². The van der Waals surface area contributed by atoms with Gasteiger partial charge in [-0.1, -0.05) is 6.92 Å². The van der Waals surface area contributed by atoms with Crippen LogP contribution < -0.4 is 0 Å². The van der Waals surface area contributed by atoms with E-state index in [4.69, 9.17) is 0 Å². The number of hydrogen-bond acceptors (Lipinski definition) is 1. The lowest BCUT2D eigenvalue weighted by Gasteiger charge is -2.53. The zero-order valence-corrected chi connectivity index (χ0v) is 7.77. The largest absolute Gasteiger partial charge is 0.300 e. The van der Waals surface area contributed by atoms with Gasteiger partial charge in [-0.25, -0.2) is 0 Å². The summed E-state index contributed by atoms with van der Waals surface area (Å²) in [6.07, 6.45) is 7.33. The molecule has 0 aromatic carbocycles. The molecule has 0 aromatic rings.